The minimum Gasteiger partial charge on any atom is -0.323 e. The summed E-state index contributed by atoms with van der Waals surface area (Å²) in [5.74, 6) is 0.416. The number of rotatable bonds is 8. The second-order valence-corrected chi connectivity index (χ2v) is 10.6. The smallest absolute Gasteiger partial charge is 0.323 e. The van der Waals surface area contributed by atoms with Crippen LogP contribution in [-0.2, 0) is 9.13 Å². The summed E-state index contributed by atoms with van der Waals surface area (Å²) in [5.41, 5.74) is -0.629. The van der Waals surface area contributed by atoms with Crippen LogP contribution in [0.15, 0.2) is 11.1 Å². The second-order valence-electron chi connectivity index (χ2n) is 6.84. The van der Waals surface area contributed by atoms with E-state index in [0.29, 0.717) is 25.2 Å². The molecule has 0 aromatic heterocycles. The van der Waals surface area contributed by atoms with Gasteiger partial charge in [-0.05, 0) is 44.4 Å². The summed E-state index contributed by atoms with van der Waals surface area (Å²) < 4.78 is 23.6. The quantitative estimate of drug-likeness (QED) is 0.312. The van der Waals surface area contributed by atoms with Crippen LogP contribution in [0.2, 0.25) is 0 Å². The third-order valence-electron chi connectivity index (χ3n) is 5.49. The Morgan fingerprint density at radius 2 is 1.64 bits per heavy atom. The van der Waals surface area contributed by atoms with Crippen molar-refractivity contribution in [3.05, 3.63) is 11.1 Å². The maximum atomic E-state index is 11.8. The molecule has 7 nitrogen and oxygen atoms in total. The molecule has 25 heavy (non-hydrogen) atoms. The maximum absolute atomic E-state index is 11.8. The van der Waals surface area contributed by atoms with E-state index in [2.05, 4.69) is 19.2 Å². The summed E-state index contributed by atoms with van der Waals surface area (Å²) in [7, 11) is -10.0. The van der Waals surface area contributed by atoms with Crippen molar-refractivity contribution in [1.82, 2.24) is 5.32 Å². The van der Waals surface area contributed by atoms with Gasteiger partial charge < -0.3 is 19.6 Å². The molecular formula is C16H33NO6P2. The Hall–Kier alpha value is -0.0000000000000000416. The highest BCUT2D eigenvalue weighted by Crippen LogP contribution is 2.60. The predicted octanol–water partition coefficient (Wildman–Crippen LogP) is 3.69. The largest absolute Gasteiger partial charge is 0.354 e. The third kappa shape index (κ3) is 5.26. The SMILES string of the molecule is CCC1=C(CC)C(CC)(NC(P(=O)(O)O)P(=O)(O)O)CCCC1CC. The zero-order chi connectivity index (χ0) is 19.5. The van der Waals surface area contributed by atoms with Gasteiger partial charge in [-0.1, -0.05) is 45.3 Å². The molecule has 1 aliphatic rings. The van der Waals surface area contributed by atoms with Crippen molar-refractivity contribution < 1.29 is 28.7 Å². The van der Waals surface area contributed by atoms with Crippen molar-refractivity contribution in [3.8, 4) is 0 Å². The lowest BCUT2D eigenvalue weighted by Gasteiger charge is -2.40. The summed E-state index contributed by atoms with van der Waals surface area (Å²) in [6, 6.07) is 0. The summed E-state index contributed by atoms with van der Waals surface area (Å²) in [4.78, 5) is 38.2. The zero-order valence-corrected chi connectivity index (χ0v) is 17.4. The van der Waals surface area contributed by atoms with Crippen LogP contribution in [0, 0.1) is 5.92 Å². The number of hydrogen-bond donors (Lipinski definition) is 5. The molecule has 2 unspecified atom stereocenters. The van der Waals surface area contributed by atoms with E-state index in [9.17, 15) is 28.7 Å². The Balaban J connectivity index is 3.52. The first-order valence-electron chi connectivity index (χ1n) is 9.07. The molecule has 5 N–H and O–H groups in total. The summed E-state index contributed by atoms with van der Waals surface area (Å²) in [5, 5.41) is 2.76. The maximum Gasteiger partial charge on any atom is 0.354 e. The van der Waals surface area contributed by atoms with Crippen molar-refractivity contribution in [2.24, 2.45) is 5.92 Å². The van der Waals surface area contributed by atoms with Crippen LogP contribution < -0.4 is 5.32 Å². The number of nitrogens with one attached hydrogen (secondary N) is 1. The highest BCUT2D eigenvalue weighted by Gasteiger charge is 2.49. The fraction of sp³-hybridized carbons (Fsp3) is 0.875. The second kappa shape index (κ2) is 8.79. The van der Waals surface area contributed by atoms with Gasteiger partial charge in [-0.15, -0.1) is 0 Å². The van der Waals surface area contributed by atoms with E-state index >= 15 is 0 Å². The van der Waals surface area contributed by atoms with Gasteiger partial charge >= 0.3 is 15.2 Å². The third-order valence-corrected chi connectivity index (χ3v) is 8.83. The lowest BCUT2D eigenvalue weighted by molar-refractivity contribution is 0.280. The first-order valence-corrected chi connectivity index (χ1v) is 12.4. The van der Waals surface area contributed by atoms with E-state index in [1.165, 1.54) is 5.57 Å². The minimum atomic E-state index is -5.02. The Morgan fingerprint density at radius 1 is 1.08 bits per heavy atom. The molecule has 0 fully saturated rings. The van der Waals surface area contributed by atoms with E-state index in [1.54, 1.807) is 0 Å². The molecule has 1 aliphatic carbocycles. The van der Waals surface area contributed by atoms with Crippen LogP contribution >= 0.6 is 15.2 Å². The standard InChI is InChI=1S/C16H33NO6P2/c1-5-12-10-9-11-16(8-4,14(7-3)13(12)6-2)17-15(24(18,19)20)25(21,22)23/h12,15,17H,5-11H2,1-4H3,(H2,18,19,20)(H2,21,22,23). The summed E-state index contributed by atoms with van der Waals surface area (Å²) in [6.07, 6.45) is 5.49. The van der Waals surface area contributed by atoms with Crippen molar-refractivity contribution in [2.45, 2.75) is 83.7 Å². The fourth-order valence-electron chi connectivity index (χ4n) is 4.31. The van der Waals surface area contributed by atoms with Gasteiger partial charge in [0.1, 0.15) is 0 Å². The molecule has 0 amide bonds. The molecule has 0 heterocycles. The minimum absolute atomic E-state index is 0.416. The molecule has 1 rings (SSSR count). The Kier molecular flexibility index (Phi) is 8.10. The highest BCUT2D eigenvalue weighted by atomic mass is 31.2. The van der Waals surface area contributed by atoms with E-state index in [0.717, 1.165) is 31.3 Å². The molecule has 2 atom stereocenters. The molecule has 148 valence electrons. The van der Waals surface area contributed by atoms with Crippen LogP contribution in [0.4, 0.5) is 0 Å². The highest BCUT2D eigenvalue weighted by molar-refractivity contribution is 7.70. The fourth-order valence-corrected chi connectivity index (χ4v) is 6.71. The van der Waals surface area contributed by atoms with Gasteiger partial charge in [0.15, 0.2) is 0 Å². The van der Waals surface area contributed by atoms with Gasteiger partial charge in [0.2, 0.25) is 5.52 Å². The van der Waals surface area contributed by atoms with Gasteiger partial charge in [-0.25, -0.2) is 0 Å². The Bertz CT molecular complexity index is 559. The van der Waals surface area contributed by atoms with Crippen molar-refractivity contribution in [1.29, 1.82) is 0 Å². The topological polar surface area (TPSA) is 127 Å². The summed E-state index contributed by atoms with van der Waals surface area (Å²) in [6.45, 7) is 8.11. The van der Waals surface area contributed by atoms with Gasteiger partial charge in [-0.2, -0.15) is 0 Å². The number of allylic oxidation sites excluding steroid dienone is 1. The summed E-state index contributed by atoms with van der Waals surface area (Å²) >= 11 is 0. The molecule has 0 bridgehead atoms. The van der Waals surface area contributed by atoms with Crippen LogP contribution in [0.5, 0.6) is 0 Å². The van der Waals surface area contributed by atoms with E-state index in [4.69, 9.17) is 0 Å². The average molecular weight is 397 g/mol. The molecule has 0 saturated heterocycles. The van der Waals surface area contributed by atoms with Crippen molar-refractivity contribution in [2.75, 3.05) is 0 Å². The van der Waals surface area contributed by atoms with E-state index in [-0.39, 0.29) is 0 Å². The molecule has 0 radical (unpaired) electrons. The van der Waals surface area contributed by atoms with Crippen LogP contribution in [-0.4, -0.2) is 30.6 Å². The average Bonchev–Trinajstić information content (AvgIpc) is 2.66. The Morgan fingerprint density at radius 3 is 2.00 bits per heavy atom. The molecule has 0 aromatic rings. The molecular weight excluding hydrogens is 364 g/mol. The molecule has 9 heteroatoms. The Labute approximate surface area is 150 Å². The molecule has 0 aromatic carbocycles. The first-order chi connectivity index (χ1) is 11.5. The van der Waals surface area contributed by atoms with Gasteiger partial charge in [0.05, 0.1) is 0 Å². The zero-order valence-electron chi connectivity index (χ0n) is 15.6. The monoisotopic (exact) mass is 397 g/mol. The van der Waals surface area contributed by atoms with Gasteiger partial charge in [0, 0.05) is 5.54 Å². The van der Waals surface area contributed by atoms with Crippen LogP contribution in [0.3, 0.4) is 0 Å². The van der Waals surface area contributed by atoms with Crippen LogP contribution in [0.1, 0.15) is 72.6 Å². The first kappa shape index (κ1) is 23.0. The molecule has 0 aliphatic heterocycles. The van der Waals surface area contributed by atoms with E-state index in [1.807, 2.05) is 13.8 Å². The van der Waals surface area contributed by atoms with E-state index < -0.39 is 26.3 Å². The molecule has 0 spiro atoms. The number of hydrogen-bond acceptors (Lipinski definition) is 3. The lowest BCUT2D eigenvalue weighted by atomic mass is 9.78. The van der Waals surface area contributed by atoms with Crippen molar-refractivity contribution >= 4 is 15.2 Å². The molecule has 0 saturated carbocycles. The normalized spacial score (nSPS) is 26.2. The van der Waals surface area contributed by atoms with Gasteiger partial charge in [-0.3, -0.25) is 14.4 Å². The van der Waals surface area contributed by atoms with Gasteiger partial charge in [0.25, 0.3) is 0 Å². The van der Waals surface area contributed by atoms with Crippen LogP contribution in [0.25, 0.3) is 0 Å². The van der Waals surface area contributed by atoms with Crippen molar-refractivity contribution in [3.63, 3.8) is 0 Å². The predicted molar refractivity (Wildman–Crippen MR) is 99.3 cm³/mol. The lowest BCUT2D eigenvalue weighted by Crippen LogP contribution is -2.51.